The fraction of sp³-hybridized carbons (Fsp3) is 0.400. The number of nitrogens with one attached hydrogen (secondary N) is 1. The van der Waals surface area contributed by atoms with Gasteiger partial charge in [-0.15, -0.1) is 0 Å². The molecule has 3 nitrogen and oxygen atoms in total. The number of hydrogen-bond acceptors (Lipinski definition) is 3. The Morgan fingerprint density at radius 2 is 1.70 bits per heavy atom. The second-order valence-corrected chi connectivity index (χ2v) is 5.82. The number of ether oxygens (including phenoxy) is 2. The molecule has 0 aliphatic rings. The van der Waals surface area contributed by atoms with Gasteiger partial charge in [-0.3, -0.25) is 0 Å². The SMILES string of the molecule is CCC(C)Oc1c(CNCc2ccccc2C)cccc1OC. The Bertz CT molecular complexity index is 625. The van der Waals surface area contributed by atoms with Crippen molar-refractivity contribution in [3.8, 4) is 11.5 Å². The molecular weight excluding hydrogens is 286 g/mol. The summed E-state index contributed by atoms with van der Waals surface area (Å²) in [7, 11) is 1.68. The molecule has 0 fully saturated rings. The molecule has 0 saturated carbocycles. The zero-order chi connectivity index (χ0) is 16.7. The van der Waals surface area contributed by atoms with Crippen LogP contribution in [-0.4, -0.2) is 13.2 Å². The minimum absolute atomic E-state index is 0.168. The zero-order valence-corrected chi connectivity index (χ0v) is 14.6. The quantitative estimate of drug-likeness (QED) is 0.780. The van der Waals surface area contributed by atoms with Crippen molar-refractivity contribution in [3.05, 3.63) is 59.2 Å². The minimum Gasteiger partial charge on any atom is -0.493 e. The summed E-state index contributed by atoms with van der Waals surface area (Å²) in [5.74, 6) is 1.64. The molecule has 2 aromatic rings. The number of methoxy groups -OCH3 is 1. The van der Waals surface area contributed by atoms with Gasteiger partial charge in [0, 0.05) is 18.7 Å². The van der Waals surface area contributed by atoms with Crippen LogP contribution in [0.3, 0.4) is 0 Å². The highest BCUT2D eigenvalue weighted by Gasteiger charge is 2.13. The number of para-hydroxylation sites is 1. The van der Waals surface area contributed by atoms with Crippen molar-refractivity contribution in [3.63, 3.8) is 0 Å². The van der Waals surface area contributed by atoms with Crippen molar-refractivity contribution < 1.29 is 9.47 Å². The first-order valence-electron chi connectivity index (χ1n) is 8.23. The zero-order valence-electron chi connectivity index (χ0n) is 14.6. The second kappa shape index (κ2) is 8.59. The first-order valence-corrected chi connectivity index (χ1v) is 8.23. The third-order valence-corrected chi connectivity index (χ3v) is 4.07. The summed E-state index contributed by atoms with van der Waals surface area (Å²) in [5.41, 5.74) is 3.75. The molecule has 0 spiro atoms. The molecule has 0 heterocycles. The van der Waals surface area contributed by atoms with Crippen molar-refractivity contribution in [2.45, 2.75) is 46.4 Å². The van der Waals surface area contributed by atoms with Crippen molar-refractivity contribution in [2.75, 3.05) is 7.11 Å². The van der Waals surface area contributed by atoms with Crippen LogP contribution in [0.25, 0.3) is 0 Å². The molecule has 0 radical (unpaired) electrons. The van der Waals surface area contributed by atoms with Gasteiger partial charge in [-0.1, -0.05) is 43.3 Å². The van der Waals surface area contributed by atoms with E-state index in [1.165, 1.54) is 11.1 Å². The lowest BCUT2D eigenvalue weighted by Crippen LogP contribution is -2.17. The lowest BCUT2D eigenvalue weighted by atomic mass is 10.1. The fourth-order valence-electron chi connectivity index (χ4n) is 2.42. The predicted molar refractivity (Wildman–Crippen MR) is 95.1 cm³/mol. The summed E-state index contributed by atoms with van der Waals surface area (Å²) in [5, 5.41) is 3.51. The van der Waals surface area contributed by atoms with E-state index in [1.54, 1.807) is 7.11 Å². The van der Waals surface area contributed by atoms with Crippen LogP contribution in [0, 0.1) is 6.92 Å². The second-order valence-electron chi connectivity index (χ2n) is 5.82. The lowest BCUT2D eigenvalue weighted by Gasteiger charge is -2.19. The minimum atomic E-state index is 0.168. The van der Waals surface area contributed by atoms with Gasteiger partial charge < -0.3 is 14.8 Å². The number of aryl methyl sites for hydroxylation is 1. The molecule has 2 aromatic carbocycles. The third kappa shape index (κ3) is 4.73. The van der Waals surface area contributed by atoms with E-state index in [4.69, 9.17) is 9.47 Å². The summed E-state index contributed by atoms with van der Waals surface area (Å²) in [4.78, 5) is 0. The van der Waals surface area contributed by atoms with E-state index in [1.807, 2.05) is 12.1 Å². The molecule has 0 aliphatic heterocycles. The Kier molecular flexibility index (Phi) is 6.48. The number of benzene rings is 2. The van der Waals surface area contributed by atoms with E-state index in [0.717, 1.165) is 36.6 Å². The van der Waals surface area contributed by atoms with Crippen LogP contribution in [0.5, 0.6) is 11.5 Å². The molecule has 1 N–H and O–H groups in total. The maximum Gasteiger partial charge on any atom is 0.166 e. The number of rotatable bonds is 8. The highest BCUT2D eigenvalue weighted by molar-refractivity contribution is 5.46. The maximum atomic E-state index is 6.08. The van der Waals surface area contributed by atoms with Crippen LogP contribution >= 0.6 is 0 Å². The highest BCUT2D eigenvalue weighted by atomic mass is 16.5. The standard InChI is InChI=1S/C20H27NO2/c1-5-16(3)23-20-18(11-8-12-19(20)22-4)14-21-13-17-10-7-6-9-15(17)2/h6-12,16,21H,5,13-14H2,1-4H3. The highest BCUT2D eigenvalue weighted by Crippen LogP contribution is 2.32. The van der Waals surface area contributed by atoms with Crippen LogP contribution in [-0.2, 0) is 13.1 Å². The molecule has 0 aliphatic carbocycles. The topological polar surface area (TPSA) is 30.5 Å². The maximum absolute atomic E-state index is 6.08. The molecule has 23 heavy (non-hydrogen) atoms. The normalized spacial score (nSPS) is 12.0. The summed E-state index contributed by atoms with van der Waals surface area (Å²) < 4.78 is 11.5. The van der Waals surface area contributed by atoms with E-state index >= 15 is 0 Å². The van der Waals surface area contributed by atoms with Crippen molar-refractivity contribution in [1.29, 1.82) is 0 Å². The van der Waals surface area contributed by atoms with Crippen molar-refractivity contribution >= 4 is 0 Å². The van der Waals surface area contributed by atoms with Gasteiger partial charge in [-0.05, 0) is 37.5 Å². The molecule has 3 heteroatoms. The average molecular weight is 313 g/mol. The summed E-state index contributed by atoms with van der Waals surface area (Å²) >= 11 is 0. The Morgan fingerprint density at radius 1 is 1.00 bits per heavy atom. The monoisotopic (exact) mass is 313 g/mol. The van der Waals surface area contributed by atoms with Gasteiger partial charge in [0.05, 0.1) is 13.2 Å². The van der Waals surface area contributed by atoms with Crippen LogP contribution in [0.1, 0.15) is 37.0 Å². The molecule has 124 valence electrons. The molecule has 1 atom stereocenters. The van der Waals surface area contributed by atoms with Gasteiger partial charge >= 0.3 is 0 Å². The first kappa shape index (κ1) is 17.4. The Morgan fingerprint density at radius 3 is 2.39 bits per heavy atom. The third-order valence-electron chi connectivity index (χ3n) is 4.07. The first-order chi connectivity index (χ1) is 11.2. The average Bonchev–Trinajstić information content (AvgIpc) is 2.57. The molecule has 0 aromatic heterocycles. The Hall–Kier alpha value is -2.00. The fourth-order valence-corrected chi connectivity index (χ4v) is 2.42. The van der Waals surface area contributed by atoms with E-state index in [9.17, 15) is 0 Å². The van der Waals surface area contributed by atoms with Gasteiger partial charge in [-0.25, -0.2) is 0 Å². The molecule has 0 amide bonds. The summed E-state index contributed by atoms with van der Waals surface area (Å²) in [6, 6.07) is 14.5. The lowest BCUT2D eigenvalue weighted by molar-refractivity contribution is 0.205. The van der Waals surface area contributed by atoms with E-state index in [2.05, 4.69) is 56.4 Å². The molecular formula is C20H27NO2. The molecule has 0 saturated heterocycles. The van der Waals surface area contributed by atoms with Gasteiger partial charge in [0.25, 0.3) is 0 Å². The van der Waals surface area contributed by atoms with E-state index in [-0.39, 0.29) is 6.10 Å². The molecule has 0 bridgehead atoms. The Balaban J connectivity index is 2.08. The van der Waals surface area contributed by atoms with Crippen molar-refractivity contribution in [2.24, 2.45) is 0 Å². The predicted octanol–water partition coefficient (Wildman–Crippen LogP) is 4.47. The summed E-state index contributed by atoms with van der Waals surface area (Å²) in [6.07, 6.45) is 1.13. The van der Waals surface area contributed by atoms with Gasteiger partial charge in [0.1, 0.15) is 0 Å². The largest absolute Gasteiger partial charge is 0.493 e. The van der Waals surface area contributed by atoms with Crippen LogP contribution in [0.15, 0.2) is 42.5 Å². The molecule has 1 unspecified atom stereocenters. The van der Waals surface area contributed by atoms with Crippen LogP contribution in [0.4, 0.5) is 0 Å². The van der Waals surface area contributed by atoms with Crippen LogP contribution < -0.4 is 14.8 Å². The summed E-state index contributed by atoms with van der Waals surface area (Å²) in [6.45, 7) is 7.93. The number of hydrogen-bond donors (Lipinski definition) is 1. The molecule has 2 rings (SSSR count). The van der Waals surface area contributed by atoms with Crippen molar-refractivity contribution in [1.82, 2.24) is 5.32 Å². The van der Waals surface area contributed by atoms with E-state index < -0.39 is 0 Å². The van der Waals surface area contributed by atoms with Crippen LogP contribution in [0.2, 0.25) is 0 Å². The van der Waals surface area contributed by atoms with Gasteiger partial charge in [-0.2, -0.15) is 0 Å². The van der Waals surface area contributed by atoms with Gasteiger partial charge in [0.2, 0.25) is 0 Å². The Labute approximate surface area is 139 Å². The smallest absolute Gasteiger partial charge is 0.166 e. The van der Waals surface area contributed by atoms with E-state index in [0.29, 0.717) is 0 Å². The van der Waals surface area contributed by atoms with Gasteiger partial charge in [0.15, 0.2) is 11.5 Å².